The number of imide groups is 1. The average Bonchev–Trinajstić information content (AvgIpc) is 3.10. The van der Waals surface area contributed by atoms with E-state index in [9.17, 15) is 19.2 Å². The third-order valence-electron chi connectivity index (χ3n) is 3.30. The number of hydrogen-bond acceptors (Lipinski definition) is 8. The summed E-state index contributed by atoms with van der Waals surface area (Å²) in [7, 11) is 0. The van der Waals surface area contributed by atoms with E-state index in [0.29, 0.717) is 10.1 Å². The van der Waals surface area contributed by atoms with E-state index in [2.05, 4.69) is 15.5 Å². The van der Waals surface area contributed by atoms with Crippen LogP contribution in [0.3, 0.4) is 0 Å². The molecule has 25 heavy (non-hydrogen) atoms. The van der Waals surface area contributed by atoms with E-state index >= 15 is 0 Å². The molecular weight excluding hydrogens is 348 g/mol. The molecule has 2 aromatic rings. The maximum atomic E-state index is 12.1. The van der Waals surface area contributed by atoms with E-state index in [0.717, 1.165) is 4.90 Å². The van der Waals surface area contributed by atoms with Crippen molar-refractivity contribution in [3.8, 4) is 0 Å². The van der Waals surface area contributed by atoms with Crippen molar-refractivity contribution in [2.45, 2.75) is 6.92 Å². The number of rotatable bonds is 5. The predicted octanol–water partition coefficient (Wildman–Crippen LogP) is 0.624. The van der Waals surface area contributed by atoms with Crippen LogP contribution in [0.2, 0.25) is 0 Å². The Labute approximate surface area is 145 Å². The summed E-state index contributed by atoms with van der Waals surface area (Å²) in [6.07, 6.45) is 0. The molecule has 0 fully saturated rings. The first-order chi connectivity index (χ1) is 12.0. The van der Waals surface area contributed by atoms with Crippen molar-refractivity contribution >= 4 is 40.2 Å². The Morgan fingerprint density at radius 1 is 1.16 bits per heavy atom. The molecular formula is C15H12N4O5S. The Hall–Kier alpha value is -3.14. The highest BCUT2D eigenvalue weighted by Crippen LogP contribution is 2.22. The first-order valence-corrected chi connectivity index (χ1v) is 7.98. The number of nitrogens with zero attached hydrogens (tertiary/aromatic N) is 3. The fraction of sp³-hybridized carbons (Fsp3) is 0.200. The van der Waals surface area contributed by atoms with Gasteiger partial charge < -0.3 is 4.74 Å². The molecule has 1 aromatic heterocycles. The number of anilines is 1. The summed E-state index contributed by atoms with van der Waals surface area (Å²) >= 11 is 1.18. The summed E-state index contributed by atoms with van der Waals surface area (Å²) in [5.41, 5.74) is 0.481. The molecule has 9 nitrogen and oxygen atoms in total. The van der Waals surface area contributed by atoms with Gasteiger partial charge in [-0.2, -0.15) is 0 Å². The van der Waals surface area contributed by atoms with Crippen LogP contribution >= 0.6 is 11.3 Å². The highest BCUT2D eigenvalue weighted by atomic mass is 32.1. The van der Waals surface area contributed by atoms with Gasteiger partial charge in [0.2, 0.25) is 5.13 Å². The molecule has 3 rings (SSSR count). The number of aromatic nitrogens is 2. The SMILES string of the molecule is Cc1nnc(NC(=O)COC(=O)CN2C(=O)c3ccccc3C2=O)s1. The quantitative estimate of drug-likeness (QED) is 0.613. The topological polar surface area (TPSA) is 119 Å². The molecule has 1 aromatic carbocycles. The second-order valence-corrected chi connectivity index (χ2v) is 6.26. The predicted molar refractivity (Wildman–Crippen MR) is 86.0 cm³/mol. The molecule has 0 radical (unpaired) electrons. The number of carbonyl (C=O) groups excluding carboxylic acids is 4. The molecule has 10 heteroatoms. The number of benzene rings is 1. The Kier molecular flexibility index (Phi) is 4.52. The van der Waals surface area contributed by atoms with Gasteiger partial charge in [-0.25, -0.2) is 0 Å². The van der Waals surface area contributed by atoms with Crippen molar-refractivity contribution < 1.29 is 23.9 Å². The number of ether oxygens (including phenoxy) is 1. The zero-order chi connectivity index (χ0) is 18.0. The lowest BCUT2D eigenvalue weighted by atomic mass is 10.1. The maximum Gasteiger partial charge on any atom is 0.326 e. The summed E-state index contributed by atoms with van der Waals surface area (Å²) in [5, 5.41) is 10.8. The van der Waals surface area contributed by atoms with Gasteiger partial charge in [0.1, 0.15) is 11.6 Å². The minimum Gasteiger partial charge on any atom is -0.454 e. The zero-order valence-corrected chi connectivity index (χ0v) is 13.8. The molecule has 1 aliphatic rings. The summed E-state index contributed by atoms with van der Waals surface area (Å²) < 4.78 is 4.80. The molecule has 0 saturated heterocycles. The Balaban J connectivity index is 1.52. The van der Waals surface area contributed by atoms with Crippen LogP contribution in [0.4, 0.5) is 5.13 Å². The van der Waals surface area contributed by atoms with Gasteiger partial charge in [-0.05, 0) is 19.1 Å². The second-order valence-electron chi connectivity index (χ2n) is 5.08. The Morgan fingerprint density at radius 2 is 1.80 bits per heavy atom. The van der Waals surface area contributed by atoms with Crippen LogP contribution < -0.4 is 5.32 Å². The lowest BCUT2D eigenvalue weighted by Crippen LogP contribution is -2.36. The lowest BCUT2D eigenvalue weighted by Gasteiger charge is -2.12. The van der Waals surface area contributed by atoms with Crippen LogP contribution in [0.15, 0.2) is 24.3 Å². The van der Waals surface area contributed by atoms with Gasteiger partial charge in [-0.3, -0.25) is 29.4 Å². The van der Waals surface area contributed by atoms with E-state index in [4.69, 9.17) is 4.74 Å². The first-order valence-electron chi connectivity index (χ1n) is 7.16. The van der Waals surface area contributed by atoms with Crippen LogP contribution in [0.1, 0.15) is 25.7 Å². The van der Waals surface area contributed by atoms with Crippen molar-refractivity contribution in [2.24, 2.45) is 0 Å². The molecule has 3 amide bonds. The van der Waals surface area contributed by atoms with Gasteiger partial charge in [0.15, 0.2) is 6.61 Å². The molecule has 0 bridgehead atoms. The third-order valence-corrected chi connectivity index (χ3v) is 4.06. The van der Waals surface area contributed by atoms with Crippen molar-refractivity contribution in [3.63, 3.8) is 0 Å². The molecule has 0 atom stereocenters. The first kappa shape index (κ1) is 16.7. The van der Waals surface area contributed by atoms with Gasteiger partial charge in [0, 0.05) is 0 Å². The van der Waals surface area contributed by atoms with E-state index < -0.39 is 36.8 Å². The van der Waals surface area contributed by atoms with Crippen molar-refractivity contribution in [1.29, 1.82) is 0 Å². The van der Waals surface area contributed by atoms with Crippen LogP contribution in [-0.2, 0) is 14.3 Å². The van der Waals surface area contributed by atoms with Gasteiger partial charge >= 0.3 is 5.97 Å². The minimum absolute atomic E-state index is 0.240. The van der Waals surface area contributed by atoms with Crippen LogP contribution in [0.25, 0.3) is 0 Å². The number of esters is 1. The maximum absolute atomic E-state index is 12.1. The molecule has 1 N–H and O–H groups in total. The summed E-state index contributed by atoms with van der Waals surface area (Å²) in [4.78, 5) is 48.5. The number of aryl methyl sites for hydroxylation is 1. The average molecular weight is 360 g/mol. The minimum atomic E-state index is -0.863. The summed E-state index contributed by atoms with van der Waals surface area (Å²) in [6, 6.07) is 6.29. The largest absolute Gasteiger partial charge is 0.454 e. The highest BCUT2D eigenvalue weighted by Gasteiger charge is 2.36. The van der Waals surface area contributed by atoms with E-state index in [1.54, 1.807) is 19.1 Å². The normalized spacial score (nSPS) is 12.9. The molecule has 2 heterocycles. The van der Waals surface area contributed by atoms with E-state index in [1.807, 2.05) is 0 Å². The van der Waals surface area contributed by atoms with Gasteiger partial charge in [-0.1, -0.05) is 23.5 Å². The smallest absolute Gasteiger partial charge is 0.326 e. The van der Waals surface area contributed by atoms with E-state index in [-0.39, 0.29) is 11.1 Å². The molecule has 1 aliphatic heterocycles. The standard InChI is InChI=1S/C15H12N4O5S/c1-8-17-18-15(25-8)16-11(20)7-24-12(21)6-19-13(22)9-4-2-3-5-10(9)14(19)23/h2-5H,6-7H2,1H3,(H,16,18,20). The lowest BCUT2D eigenvalue weighted by molar-refractivity contribution is -0.147. The molecule has 0 saturated carbocycles. The van der Waals surface area contributed by atoms with Crippen molar-refractivity contribution in [1.82, 2.24) is 15.1 Å². The monoisotopic (exact) mass is 360 g/mol. The number of nitrogens with one attached hydrogen (secondary N) is 1. The fourth-order valence-corrected chi connectivity index (χ4v) is 2.81. The van der Waals surface area contributed by atoms with Gasteiger partial charge in [0.25, 0.3) is 17.7 Å². The number of hydrogen-bond donors (Lipinski definition) is 1. The second kappa shape index (κ2) is 6.77. The Morgan fingerprint density at radius 3 is 2.36 bits per heavy atom. The fourth-order valence-electron chi connectivity index (χ4n) is 2.21. The summed E-state index contributed by atoms with van der Waals surface area (Å²) in [5.74, 6) is -2.58. The van der Waals surface area contributed by atoms with Gasteiger partial charge in [0.05, 0.1) is 11.1 Å². The number of amides is 3. The van der Waals surface area contributed by atoms with Crippen LogP contribution in [0, 0.1) is 6.92 Å². The molecule has 0 unspecified atom stereocenters. The van der Waals surface area contributed by atoms with Crippen molar-refractivity contribution in [2.75, 3.05) is 18.5 Å². The molecule has 0 spiro atoms. The molecule has 128 valence electrons. The van der Waals surface area contributed by atoms with Gasteiger partial charge in [-0.15, -0.1) is 10.2 Å². The number of carbonyl (C=O) groups is 4. The third kappa shape index (κ3) is 3.53. The van der Waals surface area contributed by atoms with E-state index in [1.165, 1.54) is 23.5 Å². The van der Waals surface area contributed by atoms with Crippen LogP contribution in [0.5, 0.6) is 0 Å². The van der Waals surface area contributed by atoms with Crippen molar-refractivity contribution in [3.05, 3.63) is 40.4 Å². The summed E-state index contributed by atoms with van der Waals surface area (Å²) in [6.45, 7) is 0.619. The van der Waals surface area contributed by atoms with Crippen LogP contribution in [-0.4, -0.2) is 51.9 Å². The zero-order valence-electron chi connectivity index (χ0n) is 13.0. The highest BCUT2D eigenvalue weighted by molar-refractivity contribution is 7.15. The Bertz CT molecular complexity index is 843. The molecule has 0 aliphatic carbocycles. The number of fused-ring (bicyclic) bond motifs is 1.